The van der Waals surface area contributed by atoms with Crippen molar-refractivity contribution in [2.75, 3.05) is 29.5 Å². The molecule has 1 aliphatic rings. The van der Waals surface area contributed by atoms with Crippen LogP contribution in [-0.2, 0) is 11.3 Å². The molecule has 1 saturated heterocycles. The molecule has 4 nitrogen and oxygen atoms in total. The largest absolute Gasteiger partial charge is 0.378 e. The van der Waals surface area contributed by atoms with Crippen molar-refractivity contribution >= 4 is 23.4 Å². The van der Waals surface area contributed by atoms with Crippen LogP contribution in [0.25, 0.3) is 0 Å². The molecule has 0 aliphatic carbocycles. The smallest absolute Gasteiger partial charge is 0.253 e. The standard InChI is InChI=1S/C19H22N2O2S/c22-18(16-4-2-1-3-5-16)19(23)20-14-15-6-8-17(9-7-15)21-10-12-24-13-11-21/h1-9,18,22H,10-14H2,(H,20,23). The van der Waals surface area contributed by atoms with Crippen LogP contribution in [0.15, 0.2) is 54.6 Å². The summed E-state index contributed by atoms with van der Waals surface area (Å²) in [6.45, 7) is 2.59. The van der Waals surface area contributed by atoms with Crippen LogP contribution < -0.4 is 10.2 Å². The zero-order valence-corrected chi connectivity index (χ0v) is 14.3. The van der Waals surface area contributed by atoms with Gasteiger partial charge in [-0.2, -0.15) is 11.8 Å². The lowest BCUT2D eigenvalue weighted by Gasteiger charge is -2.28. The first kappa shape index (κ1) is 16.9. The molecule has 24 heavy (non-hydrogen) atoms. The Labute approximate surface area is 146 Å². The van der Waals surface area contributed by atoms with Gasteiger partial charge in [-0.3, -0.25) is 4.79 Å². The number of nitrogens with one attached hydrogen (secondary N) is 1. The van der Waals surface area contributed by atoms with Crippen LogP contribution in [0.5, 0.6) is 0 Å². The van der Waals surface area contributed by atoms with Crippen LogP contribution >= 0.6 is 11.8 Å². The molecule has 2 aromatic rings. The summed E-state index contributed by atoms with van der Waals surface area (Å²) in [6, 6.07) is 17.2. The third kappa shape index (κ3) is 4.30. The Bertz CT molecular complexity index is 655. The van der Waals surface area contributed by atoms with Gasteiger partial charge in [0.1, 0.15) is 0 Å². The maximum atomic E-state index is 12.1. The number of carbonyl (C=O) groups is 1. The third-order valence-electron chi connectivity index (χ3n) is 4.14. The van der Waals surface area contributed by atoms with E-state index in [9.17, 15) is 9.90 Å². The lowest BCUT2D eigenvalue weighted by atomic mass is 10.1. The zero-order valence-electron chi connectivity index (χ0n) is 13.5. The first-order valence-electron chi connectivity index (χ1n) is 8.16. The number of aliphatic hydroxyl groups is 1. The van der Waals surface area contributed by atoms with Crippen molar-refractivity contribution in [3.05, 3.63) is 65.7 Å². The fourth-order valence-corrected chi connectivity index (χ4v) is 3.62. The fraction of sp³-hybridized carbons (Fsp3) is 0.316. The quantitative estimate of drug-likeness (QED) is 0.877. The van der Waals surface area contributed by atoms with E-state index in [0.717, 1.165) is 18.7 Å². The molecule has 0 bridgehead atoms. The number of benzene rings is 2. The molecule has 1 unspecified atom stereocenters. The van der Waals surface area contributed by atoms with Crippen molar-refractivity contribution in [1.82, 2.24) is 5.32 Å². The molecular formula is C19H22N2O2S. The summed E-state index contributed by atoms with van der Waals surface area (Å²) in [5.74, 6) is 1.98. The molecule has 5 heteroatoms. The van der Waals surface area contributed by atoms with Gasteiger partial charge < -0.3 is 15.3 Å². The molecule has 126 valence electrons. The molecule has 1 amide bonds. The van der Waals surface area contributed by atoms with Crippen molar-refractivity contribution in [1.29, 1.82) is 0 Å². The van der Waals surface area contributed by atoms with E-state index in [1.165, 1.54) is 17.2 Å². The maximum absolute atomic E-state index is 12.1. The highest BCUT2D eigenvalue weighted by Crippen LogP contribution is 2.20. The minimum Gasteiger partial charge on any atom is -0.378 e. The first-order chi connectivity index (χ1) is 11.7. The van der Waals surface area contributed by atoms with Gasteiger partial charge in [-0.1, -0.05) is 42.5 Å². The monoisotopic (exact) mass is 342 g/mol. The van der Waals surface area contributed by atoms with Gasteiger partial charge in [0.25, 0.3) is 5.91 Å². The Balaban J connectivity index is 1.53. The van der Waals surface area contributed by atoms with Crippen LogP contribution in [0.2, 0.25) is 0 Å². The number of amides is 1. The van der Waals surface area contributed by atoms with Gasteiger partial charge in [0.05, 0.1) is 0 Å². The maximum Gasteiger partial charge on any atom is 0.253 e. The predicted octanol–water partition coefficient (Wildman–Crippen LogP) is 2.59. The number of carbonyl (C=O) groups excluding carboxylic acids is 1. The summed E-state index contributed by atoms with van der Waals surface area (Å²) < 4.78 is 0. The van der Waals surface area contributed by atoms with E-state index in [4.69, 9.17) is 0 Å². The normalized spacial score (nSPS) is 15.8. The molecule has 2 N–H and O–H groups in total. The molecule has 1 heterocycles. The van der Waals surface area contributed by atoms with E-state index >= 15 is 0 Å². The number of hydrogen-bond acceptors (Lipinski definition) is 4. The minimum atomic E-state index is -1.13. The molecule has 1 fully saturated rings. The van der Waals surface area contributed by atoms with E-state index in [1.54, 1.807) is 12.1 Å². The molecule has 3 rings (SSSR count). The van der Waals surface area contributed by atoms with Crippen molar-refractivity contribution in [3.8, 4) is 0 Å². The van der Waals surface area contributed by atoms with E-state index < -0.39 is 6.10 Å². The number of hydrogen-bond donors (Lipinski definition) is 2. The van der Waals surface area contributed by atoms with Crippen molar-refractivity contribution in [2.24, 2.45) is 0 Å². The summed E-state index contributed by atoms with van der Waals surface area (Å²) in [5, 5.41) is 12.9. The van der Waals surface area contributed by atoms with Crippen LogP contribution in [0, 0.1) is 0 Å². The van der Waals surface area contributed by atoms with E-state index in [0.29, 0.717) is 12.1 Å². The minimum absolute atomic E-state index is 0.377. The summed E-state index contributed by atoms with van der Waals surface area (Å²) in [6.07, 6.45) is -1.13. The summed E-state index contributed by atoms with van der Waals surface area (Å²) in [5.41, 5.74) is 2.86. The van der Waals surface area contributed by atoms with Crippen molar-refractivity contribution in [3.63, 3.8) is 0 Å². The highest BCUT2D eigenvalue weighted by Gasteiger charge is 2.16. The van der Waals surface area contributed by atoms with Gasteiger partial charge in [0.15, 0.2) is 6.10 Å². The summed E-state index contributed by atoms with van der Waals surface area (Å²) >= 11 is 2.00. The van der Waals surface area contributed by atoms with E-state index in [2.05, 4.69) is 22.3 Å². The van der Waals surface area contributed by atoms with Crippen molar-refractivity contribution in [2.45, 2.75) is 12.6 Å². The lowest BCUT2D eigenvalue weighted by Crippen LogP contribution is -2.32. The zero-order chi connectivity index (χ0) is 16.8. The van der Waals surface area contributed by atoms with E-state index in [1.807, 2.05) is 42.1 Å². The molecule has 1 aliphatic heterocycles. The second-order valence-corrected chi connectivity index (χ2v) is 7.02. The lowest BCUT2D eigenvalue weighted by molar-refractivity contribution is -0.129. The molecular weight excluding hydrogens is 320 g/mol. The Hall–Kier alpha value is -1.98. The molecule has 0 spiro atoms. The average molecular weight is 342 g/mol. The Morgan fingerprint density at radius 1 is 1.08 bits per heavy atom. The van der Waals surface area contributed by atoms with Crippen LogP contribution in [-0.4, -0.2) is 35.6 Å². The number of anilines is 1. The Morgan fingerprint density at radius 2 is 1.75 bits per heavy atom. The van der Waals surface area contributed by atoms with Crippen molar-refractivity contribution < 1.29 is 9.90 Å². The second kappa shape index (κ2) is 8.22. The van der Waals surface area contributed by atoms with Gasteiger partial charge in [-0.05, 0) is 23.3 Å². The number of nitrogens with zero attached hydrogens (tertiary/aromatic N) is 1. The number of rotatable bonds is 5. The number of thioether (sulfide) groups is 1. The van der Waals surface area contributed by atoms with Gasteiger partial charge >= 0.3 is 0 Å². The molecule has 0 saturated carbocycles. The van der Waals surface area contributed by atoms with Crippen LogP contribution in [0.1, 0.15) is 17.2 Å². The average Bonchev–Trinajstić information content (AvgIpc) is 2.67. The first-order valence-corrected chi connectivity index (χ1v) is 9.32. The highest BCUT2D eigenvalue weighted by atomic mass is 32.2. The predicted molar refractivity (Wildman–Crippen MR) is 99.2 cm³/mol. The topological polar surface area (TPSA) is 52.6 Å². The van der Waals surface area contributed by atoms with Gasteiger partial charge in [-0.15, -0.1) is 0 Å². The fourth-order valence-electron chi connectivity index (χ4n) is 2.72. The van der Waals surface area contributed by atoms with Crippen LogP contribution in [0.4, 0.5) is 5.69 Å². The Kier molecular flexibility index (Phi) is 5.77. The molecule has 2 aromatic carbocycles. The SMILES string of the molecule is O=C(NCc1ccc(N2CCSCC2)cc1)C(O)c1ccccc1. The number of aliphatic hydroxyl groups excluding tert-OH is 1. The highest BCUT2D eigenvalue weighted by molar-refractivity contribution is 7.99. The molecule has 1 atom stereocenters. The molecule has 0 radical (unpaired) electrons. The summed E-state index contributed by atoms with van der Waals surface area (Å²) in [7, 11) is 0. The van der Waals surface area contributed by atoms with Gasteiger partial charge in [-0.25, -0.2) is 0 Å². The van der Waals surface area contributed by atoms with Crippen LogP contribution in [0.3, 0.4) is 0 Å². The van der Waals surface area contributed by atoms with E-state index in [-0.39, 0.29) is 5.91 Å². The van der Waals surface area contributed by atoms with Gasteiger partial charge in [0, 0.05) is 36.8 Å². The molecule has 0 aromatic heterocycles. The Morgan fingerprint density at radius 3 is 2.42 bits per heavy atom. The van der Waals surface area contributed by atoms with Gasteiger partial charge in [0.2, 0.25) is 0 Å². The third-order valence-corrected chi connectivity index (χ3v) is 5.09. The second-order valence-electron chi connectivity index (χ2n) is 5.80. The summed E-state index contributed by atoms with van der Waals surface area (Å²) in [4.78, 5) is 14.4.